The standard InChI is InChI=1S/C21H18N2O4S/c1-27-16-7-6-15-17(14-8-11-28-19(14)21(26)23-15)18(16)12-4-2-3-5-13(12)20(25)22-9-10-24/h2-8,11,24H,9-10H2,1H3,(H,22,25)(H,23,26). The number of carbonyl (C=O) groups is 1. The molecule has 0 radical (unpaired) electrons. The van der Waals surface area contributed by atoms with Crippen molar-refractivity contribution in [1.29, 1.82) is 0 Å². The molecule has 0 aliphatic rings. The third-order valence-corrected chi connectivity index (χ3v) is 5.53. The van der Waals surface area contributed by atoms with E-state index in [0.717, 1.165) is 16.3 Å². The van der Waals surface area contributed by atoms with E-state index in [2.05, 4.69) is 10.3 Å². The lowest BCUT2D eigenvalue weighted by Crippen LogP contribution is -2.26. The number of hydrogen-bond donors (Lipinski definition) is 3. The summed E-state index contributed by atoms with van der Waals surface area (Å²) in [4.78, 5) is 28.0. The van der Waals surface area contributed by atoms with Crippen LogP contribution < -0.4 is 15.6 Å². The van der Waals surface area contributed by atoms with Gasteiger partial charge in [0.25, 0.3) is 11.5 Å². The summed E-state index contributed by atoms with van der Waals surface area (Å²) in [5, 5.41) is 15.3. The molecule has 28 heavy (non-hydrogen) atoms. The summed E-state index contributed by atoms with van der Waals surface area (Å²) < 4.78 is 6.25. The maximum Gasteiger partial charge on any atom is 0.266 e. The molecule has 4 rings (SSSR count). The molecule has 1 amide bonds. The van der Waals surface area contributed by atoms with Crippen LogP contribution in [0.2, 0.25) is 0 Å². The molecule has 6 nitrogen and oxygen atoms in total. The number of hydrogen-bond acceptors (Lipinski definition) is 5. The van der Waals surface area contributed by atoms with Gasteiger partial charge in [0.1, 0.15) is 10.4 Å². The van der Waals surface area contributed by atoms with E-state index in [9.17, 15) is 9.59 Å². The highest BCUT2D eigenvalue weighted by Gasteiger charge is 2.20. The van der Waals surface area contributed by atoms with Crippen LogP contribution in [0.4, 0.5) is 0 Å². The number of methoxy groups -OCH3 is 1. The molecule has 0 fully saturated rings. The van der Waals surface area contributed by atoms with E-state index in [1.165, 1.54) is 11.3 Å². The number of aliphatic hydroxyl groups is 1. The van der Waals surface area contributed by atoms with Crippen molar-refractivity contribution < 1.29 is 14.6 Å². The maximum atomic E-state index is 12.7. The van der Waals surface area contributed by atoms with Crippen LogP contribution in [0.1, 0.15) is 10.4 Å². The summed E-state index contributed by atoms with van der Waals surface area (Å²) in [6.45, 7) is 0.0319. The lowest BCUT2D eigenvalue weighted by atomic mass is 9.93. The van der Waals surface area contributed by atoms with E-state index in [1.807, 2.05) is 29.6 Å². The predicted molar refractivity (Wildman–Crippen MR) is 111 cm³/mol. The number of carbonyl (C=O) groups excluding carboxylic acids is 1. The van der Waals surface area contributed by atoms with Crippen molar-refractivity contribution in [3.05, 3.63) is 63.8 Å². The average Bonchev–Trinajstić information content (AvgIpc) is 3.22. The predicted octanol–water partition coefficient (Wildman–Crippen LogP) is 3.14. The molecule has 0 aliphatic carbocycles. The number of aromatic nitrogens is 1. The van der Waals surface area contributed by atoms with Gasteiger partial charge < -0.3 is 20.1 Å². The molecule has 0 bridgehead atoms. The van der Waals surface area contributed by atoms with Crippen molar-refractivity contribution in [2.45, 2.75) is 0 Å². The van der Waals surface area contributed by atoms with Crippen molar-refractivity contribution in [2.24, 2.45) is 0 Å². The third kappa shape index (κ3) is 2.94. The van der Waals surface area contributed by atoms with Crippen LogP contribution in [-0.4, -0.2) is 36.3 Å². The van der Waals surface area contributed by atoms with Crippen LogP contribution in [0.3, 0.4) is 0 Å². The van der Waals surface area contributed by atoms with Gasteiger partial charge in [-0.15, -0.1) is 11.3 Å². The lowest BCUT2D eigenvalue weighted by molar-refractivity contribution is 0.0945. The van der Waals surface area contributed by atoms with Crippen LogP contribution in [-0.2, 0) is 0 Å². The summed E-state index contributed by atoms with van der Waals surface area (Å²) >= 11 is 1.38. The van der Waals surface area contributed by atoms with Gasteiger partial charge in [-0.3, -0.25) is 9.59 Å². The number of ether oxygens (including phenoxy) is 1. The highest BCUT2D eigenvalue weighted by atomic mass is 32.1. The van der Waals surface area contributed by atoms with Gasteiger partial charge in [-0.25, -0.2) is 0 Å². The van der Waals surface area contributed by atoms with E-state index in [1.54, 1.807) is 25.3 Å². The largest absolute Gasteiger partial charge is 0.496 e. The molecule has 0 atom stereocenters. The monoisotopic (exact) mass is 394 g/mol. The number of nitrogens with one attached hydrogen (secondary N) is 2. The molecule has 0 aliphatic heterocycles. The van der Waals surface area contributed by atoms with Crippen LogP contribution >= 0.6 is 11.3 Å². The second-order valence-corrected chi connectivity index (χ2v) is 7.12. The Bertz CT molecular complexity index is 1240. The first-order valence-corrected chi connectivity index (χ1v) is 9.62. The number of rotatable bonds is 5. The first-order valence-electron chi connectivity index (χ1n) is 8.74. The number of aliphatic hydroxyl groups excluding tert-OH is 1. The first kappa shape index (κ1) is 18.2. The zero-order valence-electron chi connectivity index (χ0n) is 15.1. The quantitative estimate of drug-likeness (QED) is 0.485. The fraction of sp³-hybridized carbons (Fsp3) is 0.143. The molecular weight excluding hydrogens is 376 g/mol. The van der Waals surface area contributed by atoms with Crippen LogP contribution in [0.5, 0.6) is 5.75 Å². The highest BCUT2D eigenvalue weighted by Crippen LogP contribution is 2.41. The van der Waals surface area contributed by atoms with Gasteiger partial charge in [0.05, 0.1) is 13.7 Å². The van der Waals surface area contributed by atoms with Crippen molar-refractivity contribution >= 4 is 38.2 Å². The number of fused-ring (bicyclic) bond motifs is 3. The van der Waals surface area contributed by atoms with Gasteiger partial charge in [0.15, 0.2) is 0 Å². The Morgan fingerprint density at radius 3 is 2.82 bits per heavy atom. The topological polar surface area (TPSA) is 91.4 Å². The normalized spacial score (nSPS) is 11.1. The zero-order chi connectivity index (χ0) is 19.7. The molecule has 0 unspecified atom stereocenters. The van der Waals surface area contributed by atoms with Gasteiger partial charge in [0.2, 0.25) is 0 Å². The Balaban J connectivity index is 2.08. The number of amides is 1. The van der Waals surface area contributed by atoms with Crippen molar-refractivity contribution in [2.75, 3.05) is 20.3 Å². The second-order valence-electron chi connectivity index (χ2n) is 6.21. The lowest BCUT2D eigenvalue weighted by Gasteiger charge is -2.16. The number of aromatic amines is 1. The Labute approximate surface area is 164 Å². The van der Waals surface area contributed by atoms with E-state index in [4.69, 9.17) is 9.84 Å². The molecular formula is C21H18N2O4S. The summed E-state index contributed by atoms with van der Waals surface area (Å²) in [5.74, 6) is 0.323. The van der Waals surface area contributed by atoms with Crippen LogP contribution in [0.15, 0.2) is 52.6 Å². The number of thiophene rings is 1. The molecule has 142 valence electrons. The summed E-state index contributed by atoms with van der Waals surface area (Å²) in [7, 11) is 1.58. The smallest absolute Gasteiger partial charge is 0.266 e. The average molecular weight is 394 g/mol. The Morgan fingerprint density at radius 1 is 1.21 bits per heavy atom. The summed E-state index contributed by atoms with van der Waals surface area (Å²) in [6, 6.07) is 12.7. The number of H-pyrrole nitrogens is 1. The van der Waals surface area contributed by atoms with E-state index < -0.39 is 0 Å². The minimum absolute atomic E-state index is 0.136. The van der Waals surface area contributed by atoms with Crippen molar-refractivity contribution in [1.82, 2.24) is 10.3 Å². The zero-order valence-corrected chi connectivity index (χ0v) is 15.9. The number of pyridine rings is 1. The molecule has 7 heteroatoms. The molecule has 2 aromatic carbocycles. The van der Waals surface area contributed by atoms with Crippen molar-refractivity contribution in [3.63, 3.8) is 0 Å². The third-order valence-electron chi connectivity index (χ3n) is 4.61. The van der Waals surface area contributed by atoms with E-state index in [0.29, 0.717) is 27.1 Å². The Kier molecular flexibility index (Phi) is 4.85. The molecule has 0 saturated heterocycles. The fourth-order valence-electron chi connectivity index (χ4n) is 3.43. The van der Waals surface area contributed by atoms with Crippen LogP contribution in [0.25, 0.3) is 32.1 Å². The summed E-state index contributed by atoms with van der Waals surface area (Å²) in [6.07, 6.45) is 0. The maximum absolute atomic E-state index is 12.7. The minimum atomic E-state index is -0.283. The minimum Gasteiger partial charge on any atom is -0.496 e. The van der Waals surface area contributed by atoms with Gasteiger partial charge in [-0.2, -0.15) is 0 Å². The second kappa shape index (κ2) is 7.46. The molecule has 3 N–H and O–H groups in total. The van der Waals surface area contributed by atoms with Gasteiger partial charge in [-0.1, -0.05) is 18.2 Å². The number of benzene rings is 2. The van der Waals surface area contributed by atoms with Gasteiger partial charge in [-0.05, 0) is 35.2 Å². The van der Waals surface area contributed by atoms with Crippen LogP contribution in [0, 0.1) is 0 Å². The molecule has 2 heterocycles. The van der Waals surface area contributed by atoms with Gasteiger partial charge in [0, 0.05) is 34.0 Å². The van der Waals surface area contributed by atoms with E-state index >= 15 is 0 Å². The van der Waals surface area contributed by atoms with Crippen molar-refractivity contribution in [3.8, 4) is 16.9 Å². The first-order chi connectivity index (χ1) is 13.7. The Morgan fingerprint density at radius 2 is 2.04 bits per heavy atom. The van der Waals surface area contributed by atoms with Gasteiger partial charge >= 0.3 is 0 Å². The Hall–Kier alpha value is -3.16. The molecule has 0 spiro atoms. The fourth-order valence-corrected chi connectivity index (χ4v) is 4.23. The summed E-state index contributed by atoms with van der Waals surface area (Å²) in [5.41, 5.74) is 2.45. The SMILES string of the molecule is COc1ccc2[nH]c(=O)c3sccc3c2c1-c1ccccc1C(=O)NCCO. The van der Waals surface area contributed by atoms with E-state index in [-0.39, 0.29) is 24.6 Å². The molecule has 0 saturated carbocycles. The molecule has 2 aromatic heterocycles. The highest BCUT2D eigenvalue weighted by molar-refractivity contribution is 7.17. The molecule has 4 aromatic rings.